The highest BCUT2D eigenvalue weighted by Gasteiger charge is 2.07. The lowest BCUT2D eigenvalue weighted by atomic mass is 10.2. The van der Waals surface area contributed by atoms with Crippen LogP contribution in [0.3, 0.4) is 0 Å². The molecule has 5 N–H and O–H groups in total. The quantitative estimate of drug-likeness (QED) is 0.338. The van der Waals surface area contributed by atoms with E-state index in [0.29, 0.717) is 0 Å². The third kappa shape index (κ3) is 2.73. The zero-order valence-corrected chi connectivity index (χ0v) is 6.97. The van der Waals surface area contributed by atoms with Crippen molar-refractivity contribution in [3.8, 4) is 0 Å². The van der Waals surface area contributed by atoms with Crippen molar-refractivity contribution in [3.05, 3.63) is 42.4 Å². The van der Waals surface area contributed by atoms with Crippen LogP contribution in [0.1, 0.15) is 5.56 Å². The van der Waals surface area contributed by atoms with Crippen molar-refractivity contribution in [1.29, 1.82) is 0 Å². The van der Waals surface area contributed by atoms with Gasteiger partial charge in [0, 0.05) is 0 Å². The first-order chi connectivity index (χ1) is 6.24. The van der Waals surface area contributed by atoms with Crippen molar-refractivity contribution in [2.75, 3.05) is 0 Å². The van der Waals surface area contributed by atoms with Crippen LogP contribution in [-0.4, -0.2) is 11.0 Å². The van der Waals surface area contributed by atoms with Crippen molar-refractivity contribution in [1.82, 2.24) is 10.4 Å². The van der Waals surface area contributed by atoms with E-state index in [9.17, 15) is 4.79 Å². The molecule has 5 nitrogen and oxygen atoms in total. The fourth-order valence-electron chi connectivity index (χ4n) is 0.833. The summed E-state index contributed by atoms with van der Waals surface area (Å²) >= 11 is 0. The summed E-state index contributed by atoms with van der Waals surface area (Å²) in [6, 6.07) is 8.65. The Morgan fingerprint density at radius 3 is 2.54 bits per heavy atom. The molecule has 0 fully saturated rings. The van der Waals surface area contributed by atoms with Gasteiger partial charge in [-0.15, -0.1) is 0 Å². The Balaban J connectivity index is 2.55. The van der Waals surface area contributed by atoms with E-state index >= 15 is 0 Å². The number of nitrogens with one attached hydrogen (secondary N) is 1. The van der Waals surface area contributed by atoms with Crippen molar-refractivity contribution in [2.24, 2.45) is 11.7 Å². The van der Waals surface area contributed by atoms with Crippen LogP contribution in [-0.2, 0) is 0 Å². The van der Waals surface area contributed by atoms with Crippen molar-refractivity contribution >= 4 is 6.03 Å². The molecule has 0 spiro atoms. The highest BCUT2D eigenvalue weighted by atomic mass is 16.2. The Labute approximate surface area is 76.3 Å². The molecule has 0 unspecified atom stereocenters. The molecule has 0 bridgehead atoms. The van der Waals surface area contributed by atoms with Crippen LogP contribution in [0.5, 0.6) is 0 Å². The minimum absolute atomic E-state index is 0.566. The Kier molecular flexibility index (Phi) is 3.24. The first kappa shape index (κ1) is 9.50. The fraction of sp³-hybridized carbons (Fsp3) is 0. The van der Waals surface area contributed by atoms with Gasteiger partial charge >= 0.3 is 6.03 Å². The number of rotatable bonds is 2. The topological polar surface area (TPSA) is 84.4 Å². The summed E-state index contributed by atoms with van der Waals surface area (Å²) in [5.74, 6) is 10.2. The predicted octanol–water partition coefficient (Wildman–Crippen LogP) is -0.0445. The maximum absolute atomic E-state index is 10.8. The van der Waals surface area contributed by atoms with Crippen LogP contribution < -0.4 is 17.1 Å². The third-order valence-corrected chi connectivity index (χ3v) is 1.45. The molecule has 0 saturated carbocycles. The van der Waals surface area contributed by atoms with Gasteiger partial charge in [0.25, 0.3) is 0 Å². The molecule has 1 aromatic rings. The molecule has 1 rings (SSSR count). The number of carbonyl (C=O) groups excluding carboxylic acids is 1. The maximum atomic E-state index is 10.8. The molecular formula is C8H11N4O. The Bertz CT molecular complexity index is 275. The number of hydrogen-bond acceptors (Lipinski definition) is 3. The monoisotopic (exact) mass is 179 g/mol. The minimum Gasteiger partial charge on any atom is -0.275 e. The van der Waals surface area contributed by atoms with E-state index < -0.39 is 6.03 Å². The summed E-state index contributed by atoms with van der Waals surface area (Å²) in [4.78, 5) is 10.8. The molecular weight excluding hydrogens is 168 g/mol. The smallest absolute Gasteiger partial charge is 0.275 e. The number of nitrogens with two attached hydrogens (primary N) is 2. The Hall–Kier alpha value is -1.59. The summed E-state index contributed by atoms with van der Waals surface area (Å²) in [5.41, 5.74) is 2.74. The molecule has 5 heteroatoms. The molecule has 0 aromatic heterocycles. The predicted molar refractivity (Wildman–Crippen MR) is 48.6 cm³/mol. The van der Waals surface area contributed by atoms with Gasteiger partial charge in [-0.05, 0) is 5.56 Å². The third-order valence-electron chi connectivity index (χ3n) is 1.45. The number of nitrogens with zero attached hydrogens (tertiary/aromatic N) is 1. The number of urea groups is 1. The summed E-state index contributed by atoms with van der Waals surface area (Å²) in [6.45, 7) is 1.47. The second kappa shape index (κ2) is 4.44. The minimum atomic E-state index is -0.566. The highest BCUT2D eigenvalue weighted by Crippen LogP contribution is 2.02. The number of benzene rings is 1. The summed E-state index contributed by atoms with van der Waals surface area (Å²) in [7, 11) is 0. The number of hydrazine groups is 2. The van der Waals surface area contributed by atoms with E-state index in [2.05, 4.69) is 0 Å². The average molecular weight is 179 g/mol. The van der Waals surface area contributed by atoms with Crippen LogP contribution in [0.15, 0.2) is 30.3 Å². The van der Waals surface area contributed by atoms with Crippen LogP contribution in [0.25, 0.3) is 0 Å². The summed E-state index contributed by atoms with van der Waals surface area (Å²) in [6.07, 6.45) is 0. The lowest BCUT2D eigenvalue weighted by molar-refractivity contribution is 0.212. The lowest BCUT2D eigenvalue weighted by Gasteiger charge is -2.14. The molecule has 0 aliphatic rings. The van der Waals surface area contributed by atoms with Crippen molar-refractivity contribution < 1.29 is 4.79 Å². The molecule has 0 aliphatic carbocycles. The Morgan fingerprint density at radius 2 is 2.00 bits per heavy atom. The van der Waals surface area contributed by atoms with E-state index in [1.807, 2.05) is 35.8 Å². The summed E-state index contributed by atoms with van der Waals surface area (Å²) in [5, 5.41) is 0.884. The lowest BCUT2D eigenvalue weighted by Crippen LogP contribution is -2.45. The van der Waals surface area contributed by atoms with E-state index in [-0.39, 0.29) is 0 Å². The normalized spacial score (nSPS) is 9.38. The first-order valence-corrected chi connectivity index (χ1v) is 3.68. The van der Waals surface area contributed by atoms with Gasteiger partial charge < -0.3 is 0 Å². The molecule has 69 valence electrons. The van der Waals surface area contributed by atoms with E-state index in [1.165, 1.54) is 6.54 Å². The van der Waals surface area contributed by atoms with Gasteiger partial charge in [0.05, 0.1) is 0 Å². The van der Waals surface area contributed by atoms with Gasteiger partial charge in [-0.2, -0.15) is 0 Å². The molecule has 2 amide bonds. The van der Waals surface area contributed by atoms with Gasteiger partial charge in [-0.25, -0.2) is 16.5 Å². The Morgan fingerprint density at radius 1 is 1.38 bits per heavy atom. The van der Waals surface area contributed by atoms with Gasteiger partial charge in [0.15, 0.2) is 0 Å². The molecule has 0 heterocycles. The average Bonchev–Trinajstić information content (AvgIpc) is 2.18. The van der Waals surface area contributed by atoms with Crippen molar-refractivity contribution in [3.63, 3.8) is 0 Å². The maximum Gasteiger partial charge on any atom is 0.346 e. The second-order valence-electron chi connectivity index (χ2n) is 2.40. The van der Waals surface area contributed by atoms with E-state index in [0.717, 1.165) is 10.6 Å². The van der Waals surface area contributed by atoms with Gasteiger partial charge in [0.2, 0.25) is 0 Å². The van der Waals surface area contributed by atoms with E-state index in [1.54, 1.807) is 0 Å². The van der Waals surface area contributed by atoms with Crippen LogP contribution in [0.4, 0.5) is 4.79 Å². The first-order valence-electron chi connectivity index (χ1n) is 3.68. The standard InChI is InChI=1S/C8H11N4O/c9-11-8(13)12(10)6-7-4-2-1-3-5-7/h1-6H,9-10H2,(H,11,13). The molecule has 0 atom stereocenters. The highest BCUT2D eigenvalue weighted by molar-refractivity contribution is 5.73. The zero-order valence-electron chi connectivity index (χ0n) is 6.97. The van der Waals surface area contributed by atoms with Crippen molar-refractivity contribution in [2.45, 2.75) is 0 Å². The summed E-state index contributed by atoms with van der Waals surface area (Å²) < 4.78 is 0. The van der Waals surface area contributed by atoms with Gasteiger partial charge in [-0.3, -0.25) is 10.4 Å². The molecule has 13 heavy (non-hydrogen) atoms. The van der Waals surface area contributed by atoms with Gasteiger partial charge in [-0.1, -0.05) is 30.3 Å². The fourth-order valence-corrected chi connectivity index (χ4v) is 0.833. The molecule has 1 aromatic carbocycles. The number of hydrogen-bond donors (Lipinski definition) is 3. The zero-order chi connectivity index (χ0) is 9.68. The SMILES string of the molecule is NNC(=O)N(N)[CH]c1ccccc1. The number of carbonyl (C=O) groups is 1. The molecule has 1 radical (unpaired) electrons. The van der Waals surface area contributed by atoms with Crippen LogP contribution in [0.2, 0.25) is 0 Å². The molecule has 0 saturated heterocycles. The van der Waals surface area contributed by atoms with Gasteiger partial charge in [0.1, 0.15) is 6.54 Å². The van der Waals surface area contributed by atoms with Crippen LogP contribution >= 0.6 is 0 Å². The second-order valence-corrected chi connectivity index (χ2v) is 2.40. The largest absolute Gasteiger partial charge is 0.346 e. The van der Waals surface area contributed by atoms with Crippen LogP contribution in [0, 0.1) is 6.54 Å². The molecule has 0 aliphatic heterocycles. The number of amides is 2. The van der Waals surface area contributed by atoms with E-state index in [4.69, 9.17) is 11.7 Å².